The van der Waals surface area contributed by atoms with Crippen LogP contribution in [-0.2, 0) is 16.2 Å². The molecule has 0 atom stereocenters. The number of halogens is 2. The molecule has 35 heavy (non-hydrogen) atoms. The van der Waals surface area contributed by atoms with E-state index in [1.54, 1.807) is 36.4 Å². The molecule has 1 aliphatic heterocycles. The van der Waals surface area contributed by atoms with Gasteiger partial charge in [0.1, 0.15) is 18.0 Å². The second kappa shape index (κ2) is 9.99. The molecule has 4 rings (SSSR count). The molecular weight excluding hydrogens is 475 g/mol. The fraction of sp³-hybridized carbons (Fsp3) is 0.115. The van der Waals surface area contributed by atoms with E-state index in [1.165, 1.54) is 31.4 Å². The summed E-state index contributed by atoms with van der Waals surface area (Å²) >= 11 is 6.07. The van der Waals surface area contributed by atoms with Crippen LogP contribution in [0.25, 0.3) is 6.08 Å². The number of carbonyl (C=O) groups excluding carboxylic acids is 3. The monoisotopic (exact) mass is 494 g/mol. The third-order valence-electron chi connectivity index (χ3n) is 5.29. The summed E-state index contributed by atoms with van der Waals surface area (Å²) in [6.45, 7) is 1.65. The predicted molar refractivity (Wildman–Crippen MR) is 129 cm³/mol. The topological polar surface area (TPSA) is 84.9 Å². The third-order valence-corrected chi connectivity index (χ3v) is 5.65. The average Bonchev–Trinajstić information content (AvgIpc) is 2.81. The Morgan fingerprint density at radius 3 is 2.51 bits per heavy atom. The summed E-state index contributed by atoms with van der Waals surface area (Å²) in [6.07, 6.45) is 1.34. The number of hydrogen-bond donors (Lipinski definition) is 1. The number of imide groups is 2. The molecule has 0 aromatic heterocycles. The van der Waals surface area contributed by atoms with Crippen LogP contribution in [0.5, 0.6) is 11.5 Å². The minimum absolute atomic E-state index is 0.170. The highest BCUT2D eigenvalue weighted by Gasteiger charge is 2.36. The number of carbonyl (C=O) groups is 3. The van der Waals surface area contributed by atoms with E-state index >= 15 is 0 Å². The van der Waals surface area contributed by atoms with E-state index in [4.69, 9.17) is 21.1 Å². The number of rotatable bonds is 6. The van der Waals surface area contributed by atoms with Gasteiger partial charge in [-0.2, -0.15) is 0 Å². The van der Waals surface area contributed by atoms with Crippen LogP contribution in [0, 0.1) is 12.7 Å². The number of ether oxygens (including phenoxy) is 2. The van der Waals surface area contributed by atoms with Crippen molar-refractivity contribution in [1.82, 2.24) is 5.32 Å². The van der Waals surface area contributed by atoms with Crippen LogP contribution in [0.2, 0.25) is 5.02 Å². The summed E-state index contributed by atoms with van der Waals surface area (Å²) in [5.41, 5.74) is 1.55. The molecule has 1 aliphatic rings. The van der Waals surface area contributed by atoms with Crippen LogP contribution in [0.4, 0.5) is 14.9 Å². The Hall–Kier alpha value is -4.17. The maximum absolute atomic E-state index is 14.1. The highest BCUT2D eigenvalue weighted by Crippen LogP contribution is 2.31. The van der Waals surface area contributed by atoms with Crippen LogP contribution in [0.3, 0.4) is 0 Å². The van der Waals surface area contributed by atoms with Crippen molar-refractivity contribution in [2.75, 3.05) is 12.0 Å². The summed E-state index contributed by atoms with van der Waals surface area (Å²) in [5, 5.41) is 2.41. The lowest BCUT2D eigenvalue weighted by molar-refractivity contribution is -0.122. The zero-order chi connectivity index (χ0) is 25.1. The van der Waals surface area contributed by atoms with E-state index in [1.807, 2.05) is 13.0 Å². The standard InChI is InChI=1S/C26H20ClFN2O5/c1-15-5-3-6-17(11-15)30-25(32)18(24(31)29-26(30)33)12-16-9-10-22(34-2)23(13-16)35-14-19-20(27)7-4-8-21(19)28/h3-13H,14H2,1-2H3,(H,29,31,33)/b18-12+. The quantitative estimate of drug-likeness (QED) is 0.383. The smallest absolute Gasteiger partial charge is 0.335 e. The maximum atomic E-state index is 14.1. The Bertz CT molecular complexity index is 1350. The van der Waals surface area contributed by atoms with Crippen molar-refractivity contribution in [3.05, 3.63) is 93.8 Å². The first-order valence-electron chi connectivity index (χ1n) is 10.5. The summed E-state index contributed by atoms with van der Waals surface area (Å²) in [7, 11) is 1.44. The van der Waals surface area contributed by atoms with Crippen molar-refractivity contribution in [3.8, 4) is 11.5 Å². The van der Waals surface area contributed by atoms with E-state index in [2.05, 4.69) is 5.32 Å². The Balaban J connectivity index is 1.65. The van der Waals surface area contributed by atoms with Crippen LogP contribution in [-0.4, -0.2) is 25.0 Å². The number of anilines is 1. The van der Waals surface area contributed by atoms with Gasteiger partial charge in [-0.25, -0.2) is 14.1 Å². The van der Waals surface area contributed by atoms with Gasteiger partial charge in [0.2, 0.25) is 0 Å². The van der Waals surface area contributed by atoms with E-state index < -0.39 is 23.7 Å². The van der Waals surface area contributed by atoms with Crippen LogP contribution in [0.15, 0.2) is 66.2 Å². The lowest BCUT2D eigenvalue weighted by atomic mass is 10.1. The number of nitrogens with zero attached hydrogens (tertiary/aromatic N) is 1. The van der Waals surface area contributed by atoms with Gasteiger partial charge in [-0.05, 0) is 60.5 Å². The second-order valence-corrected chi connectivity index (χ2v) is 8.10. The Kier molecular flexibility index (Phi) is 6.84. The fourth-order valence-corrected chi connectivity index (χ4v) is 3.76. The van der Waals surface area contributed by atoms with E-state index in [9.17, 15) is 18.8 Å². The second-order valence-electron chi connectivity index (χ2n) is 7.70. The summed E-state index contributed by atoms with van der Waals surface area (Å²) in [4.78, 5) is 38.9. The molecule has 1 saturated heterocycles. The normalized spacial score (nSPS) is 14.8. The molecule has 4 amide bonds. The number of methoxy groups -OCH3 is 1. The van der Waals surface area contributed by atoms with Crippen LogP contribution < -0.4 is 19.7 Å². The van der Waals surface area contributed by atoms with Crippen molar-refractivity contribution in [2.24, 2.45) is 0 Å². The Morgan fingerprint density at radius 1 is 1.03 bits per heavy atom. The molecule has 1 N–H and O–H groups in total. The van der Waals surface area contributed by atoms with Crippen molar-refractivity contribution in [1.29, 1.82) is 0 Å². The van der Waals surface area contributed by atoms with Gasteiger partial charge in [-0.1, -0.05) is 35.9 Å². The molecule has 1 fully saturated rings. The Morgan fingerprint density at radius 2 is 1.80 bits per heavy atom. The summed E-state index contributed by atoms with van der Waals surface area (Å²) in [6, 6.07) is 15.0. The van der Waals surface area contributed by atoms with Gasteiger partial charge in [0.05, 0.1) is 17.8 Å². The van der Waals surface area contributed by atoms with Crippen molar-refractivity contribution in [3.63, 3.8) is 0 Å². The largest absolute Gasteiger partial charge is 0.493 e. The van der Waals surface area contributed by atoms with Crippen LogP contribution in [0.1, 0.15) is 16.7 Å². The molecule has 9 heteroatoms. The molecule has 0 aliphatic carbocycles. The highest BCUT2D eigenvalue weighted by atomic mass is 35.5. The van der Waals surface area contributed by atoms with Gasteiger partial charge >= 0.3 is 6.03 Å². The van der Waals surface area contributed by atoms with Gasteiger partial charge in [0.25, 0.3) is 11.8 Å². The van der Waals surface area contributed by atoms with Crippen molar-refractivity contribution in [2.45, 2.75) is 13.5 Å². The average molecular weight is 495 g/mol. The molecule has 3 aromatic carbocycles. The molecule has 178 valence electrons. The fourth-order valence-electron chi connectivity index (χ4n) is 3.54. The molecule has 3 aromatic rings. The van der Waals surface area contributed by atoms with Crippen molar-refractivity contribution >= 4 is 41.2 Å². The molecule has 1 heterocycles. The predicted octanol–water partition coefficient (Wildman–Crippen LogP) is 5.04. The van der Waals surface area contributed by atoms with Gasteiger partial charge in [-0.3, -0.25) is 14.9 Å². The van der Waals surface area contributed by atoms with Gasteiger partial charge in [0.15, 0.2) is 11.5 Å². The van der Waals surface area contributed by atoms with E-state index in [0.717, 1.165) is 10.5 Å². The number of nitrogens with one attached hydrogen (secondary N) is 1. The number of barbiturate groups is 1. The lowest BCUT2D eigenvalue weighted by Crippen LogP contribution is -2.54. The van der Waals surface area contributed by atoms with E-state index in [0.29, 0.717) is 17.0 Å². The number of hydrogen-bond acceptors (Lipinski definition) is 5. The highest BCUT2D eigenvalue weighted by molar-refractivity contribution is 6.39. The van der Waals surface area contributed by atoms with Gasteiger partial charge in [0, 0.05) is 5.56 Å². The third kappa shape index (κ3) is 5.02. The lowest BCUT2D eigenvalue weighted by Gasteiger charge is -2.26. The molecular formula is C26H20ClFN2O5. The molecule has 0 unspecified atom stereocenters. The first-order valence-corrected chi connectivity index (χ1v) is 10.9. The zero-order valence-electron chi connectivity index (χ0n) is 18.8. The van der Waals surface area contributed by atoms with E-state index in [-0.39, 0.29) is 28.5 Å². The zero-order valence-corrected chi connectivity index (χ0v) is 19.6. The maximum Gasteiger partial charge on any atom is 0.335 e. The number of aryl methyl sites for hydroxylation is 1. The Labute approximate surface area is 205 Å². The van der Waals surface area contributed by atoms with Gasteiger partial charge < -0.3 is 9.47 Å². The molecule has 0 saturated carbocycles. The summed E-state index contributed by atoms with van der Waals surface area (Å²) < 4.78 is 25.2. The first-order chi connectivity index (χ1) is 16.8. The van der Waals surface area contributed by atoms with Crippen LogP contribution >= 0.6 is 11.6 Å². The minimum atomic E-state index is -0.830. The molecule has 0 radical (unpaired) electrons. The minimum Gasteiger partial charge on any atom is -0.493 e. The molecule has 0 spiro atoms. The first kappa shape index (κ1) is 24.0. The number of urea groups is 1. The SMILES string of the molecule is COc1ccc(/C=C2\C(=O)NC(=O)N(c3cccc(C)c3)C2=O)cc1OCc1c(F)cccc1Cl. The van der Waals surface area contributed by atoms with Crippen molar-refractivity contribution < 1.29 is 28.2 Å². The molecule has 0 bridgehead atoms. The summed E-state index contributed by atoms with van der Waals surface area (Å²) in [5.74, 6) is -1.49. The number of amides is 4. The van der Waals surface area contributed by atoms with Gasteiger partial charge in [-0.15, -0.1) is 0 Å². The molecule has 7 nitrogen and oxygen atoms in total. The number of benzene rings is 3.